The summed E-state index contributed by atoms with van der Waals surface area (Å²) >= 11 is 3.44. The summed E-state index contributed by atoms with van der Waals surface area (Å²) in [4.78, 5) is 13.9. The van der Waals surface area contributed by atoms with E-state index in [9.17, 15) is 4.79 Å². The minimum absolute atomic E-state index is 0.105. The van der Waals surface area contributed by atoms with Crippen molar-refractivity contribution in [2.24, 2.45) is 0 Å². The molecule has 0 saturated heterocycles. The molecule has 1 aliphatic rings. The minimum Gasteiger partial charge on any atom is -0.374 e. The van der Waals surface area contributed by atoms with Crippen molar-refractivity contribution in [2.75, 3.05) is 30.4 Å². The normalized spacial score (nSPS) is 15.3. The average molecular weight is 312 g/mol. The molecule has 4 nitrogen and oxygen atoms in total. The highest BCUT2D eigenvalue weighted by molar-refractivity contribution is 9.10. The maximum Gasteiger partial charge on any atom is 0.246 e. The second kappa shape index (κ2) is 4.90. The van der Waals surface area contributed by atoms with Gasteiger partial charge in [-0.05, 0) is 39.1 Å². The Morgan fingerprint density at radius 2 is 2.22 bits per heavy atom. The van der Waals surface area contributed by atoms with Gasteiger partial charge >= 0.3 is 0 Å². The second-order valence-electron chi connectivity index (χ2n) is 5.13. The molecule has 2 N–H and O–H groups in total. The molecule has 1 aliphatic heterocycles. The Hall–Kier alpha value is -1.07. The number of nitrogens with zero attached hydrogens (tertiary/aromatic N) is 1. The molecule has 18 heavy (non-hydrogen) atoms. The SMILES string of the molecule is CNC(C)(C)CN1C(=O)CNc2cc(Br)ccc21. The standard InChI is InChI=1S/C13H18BrN3O/c1-13(2,15-3)8-17-11-5-4-9(14)6-10(11)16-7-12(17)18/h4-6,15-16H,7-8H2,1-3H3. The van der Waals surface area contributed by atoms with Crippen LogP contribution < -0.4 is 15.5 Å². The molecule has 5 heteroatoms. The first-order valence-corrected chi connectivity index (χ1v) is 6.75. The summed E-state index contributed by atoms with van der Waals surface area (Å²) in [6, 6.07) is 5.93. The molecule has 1 aromatic carbocycles. The number of likely N-dealkylation sites (N-methyl/N-ethyl adjacent to an activating group) is 1. The molecular formula is C13H18BrN3O. The van der Waals surface area contributed by atoms with Crippen molar-refractivity contribution >= 4 is 33.2 Å². The van der Waals surface area contributed by atoms with Crippen molar-refractivity contribution in [1.29, 1.82) is 0 Å². The molecule has 1 amide bonds. The number of rotatable bonds is 3. The third kappa shape index (κ3) is 2.67. The van der Waals surface area contributed by atoms with Gasteiger partial charge in [-0.3, -0.25) is 4.79 Å². The Kier molecular flexibility index (Phi) is 3.64. The second-order valence-corrected chi connectivity index (χ2v) is 6.04. The van der Waals surface area contributed by atoms with Crippen LogP contribution in [0.5, 0.6) is 0 Å². The van der Waals surface area contributed by atoms with Crippen LogP contribution in [0.3, 0.4) is 0 Å². The van der Waals surface area contributed by atoms with Crippen molar-refractivity contribution in [3.8, 4) is 0 Å². The predicted molar refractivity (Wildman–Crippen MR) is 78.1 cm³/mol. The lowest BCUT2D eigenvalue weighted by Crippen LogP contribution is -2.52. The van der Waals surface area contributed by atoms with E-state index < -0.39 is 0 Å². The number of benzene rings is 1. The van der Waals surface area contributed by atoms with Crippen LogP contribution in [0.2, 0.25) is 0 Å². The minimum atomic E-state index is -0.114. The molecule has 0 spiro atoms. The summed E-state index contributed by atoms with van der Waals surface area (Å²) in [7, 11) is 1.91. The first-order chi connectivity index (χ1) is 8.43. The van der Waals surface area contributed by atoms with Crippen LogP contribution in [0.15, 0.2) is 22.7 Å². The molecule has 0 unspecified atom stereocenters. The lowest BCUT2D eigenvalue weighted by molar-refractivity contribution is -0.117. The summed E-state index contributed by atoms with van der Waals surface area (Å²) in [6.45, 7) is 5.17. The molecule has 1 heterocycles. The topological polar surface area (TPSA) is 44.4 Å². The van der Waals surface area contributed by atoms with E-state index in [4.69, 9.17) is 0 Å². The monoisotopic (exact) mass is 311 g/mol. The fourth-order valence-corrected chi connectivity index (χ4v) is 2.29. The molecule has 2 rings (SSSR count). The average Bonchev–Trinajstić information content (AvgIpc) is 2.33. The number of fused-ring (bicyclic) bond motifs is 1. The van der Waals surface area contributed by atoms with Gasteiger partial charge in [-0.1, -0.05) is 15.9 Å². The van der Waals surface area contributed by atoms with Crippen molar-refractivity contribution in [3.05, 3.63) is 22.7 Å². The molecule has 0 atom stereocenters. The van der Waals surface area contributed by atoms with Crippen LogP contribution in [0.4, 0.5) is 11.4 Å². The van der Waals surface area contributed by atoms with E-state index >= 15 is 0 Å². The number of carbonyl (C=O) groups excluding carboxylic acids is 1. The number of carbonyl (C=O) groups is 1. The summed E-state index contributed by atoms with van der Waals surface area (Å²) in [6.07, 6.45) is 0. The first-order valence-electron chi connectivity index (χ1n) is 5.96. The fourth-order valence-electron chi connectivity index (χ4n) is 1.93. The number of halogens is 1. The number of hydrogen-bond donors (Lipinski definition) is 2. The van der Waals surface area contributed by atoms with E-state index in [1.165, 1.54) is 0 Å². The lowest BCUT2D eigenvalue weighted by Gasteiger charge is -2.36. The Labute approximate surface area is 116 Å². The molecule has 0 aromatic heterocycles. The highest BCUT2D eigenvalue weighted by Gasteiger charge is 2.29. The molecule has 0 bridgehead atoms. The van der Waals surface area contributed by atoms with E-state index in [-0.39, 0.29) is 11.4 Å². The first kappa shape index (κ1) is 13.4. The maximum absolute atomic E-state index is 12.1. The van der Waals surface area contributed by atoms with Crippen LogP contribution in [-0.4, -0.2) is 31.6 Å². The van der Waals surface area contributed by atoms with Gasteiger partial charge in [0, 0.05) is 16.6 Å². The van der Waals surface area contributed by atoms with Gasteiger partial charge in [-0.25, -0.2) is 0 Å². The van der Waals surface area contributed by atoms with Gasteiger partial charge in [0.2, 0.25) is 5.91 Å². The quantitative estimate of drug-likeness (QED) is 0.899. The summed E-state index contributed by atoms with van der Waals surface area (Å²) in [5.74, 6) is 0.105. The molecule has 0 saturated carbocycles. The molecule has 0 radical (unpaired) electrons. The van der Waals surface area contributed by atoms with Crippen molar-refractivity contribution in [2.45, 2.75) is 19.4 Å². The van der Waals surface area contributed by atoms with Gasteiger partial charge in [0.1, 0.15) is 0 Å². The van der Waals surface area contributed by atoms with E-state index in [1.807, 2.05) is 30.1 Å². The highest BCUT2D eigenvalue weighted by atomic mass is 79.9. The maximum atomic E-state index is 12.1. The van der Waals surface area contributed by atoms with Crippen molar-refractivity contribution in [3.63, 3.8) is 0 Å². The summed E-state index contributed by atoms with van der Waals surface area (Å²) < 4.78 is 1.01. The van der Waals surface area contributed by atoms with Gasteiger partial charge < -0.3 is 15.5 Å². The molecule has 1 aromatic rings. The van der Waals surface area contributed by atoms with Crippen LogP contribution in [0.25, 0.3) is 0 Å². The Morgan fingerprint density at radius 1 is 1.50 bits per heavy atom. The fraction of sp³-hybridized carbons (Fsp3) is 0.462. The zero-order valence-electron chi connectivity index (χ0n) is 10.9. The van der Waals surface area contributed by atoms with Gasteiger partial charge in [0.25, 0.3) is 0 Å². The van der Waals surface area contributed by atoms with Gasteiger partial charge in [0.05, 0.1) is 17.9 Å². The largest absolute Gasteiger partial charge is 0.374 e. The van der Waals surface area contributed by atoms with Gasteiger partial charge in [-0.15, -0.1) is 0 Å². The number of nitrogens with one attached hydrogen (secondary N) is 2. The van der Waals surface area contributed by atoms with E-state index in [0.29, 0.717) is 13.1 Å². The highest BCUT2D eigenvalue weighted by Crippen LogP contribution is 2.32. The van der Waals surface area contributed by atoms with Crippen LogP contribution in [0, 0.1) is 0 Å². The number of amides is 1. The molecular weight excluding hydrogens is 294 g/mol. The van der Waals surface area contributed by atoms with Crippen LogP contribution >= 0.6 is 15.9 Å². The third-order valence-corrected chi connectivity index (χ3v) is 3.70. The van der Waals surface area contributed by atoms with Crippen LogP contribution in [-0.2, 0) is 4.79 Å². The third-order valence-electron chi connectivity index (χ3n) is 3.21. The summed E-state index contributed by atoms with van der Waals surface area (Å²) in [5.41, 5.74) is 1.82. The van der Waals surface area contributed by atoms with Crippen molar-refractivity contribution in [1.82, 2.24) is 5.32 Å². The molecule has 0 aliphatic carbocycles. The Balaban J connectivity index is 2.34. The van der Waals surface area contributed by atoms with E-state index in [0.717, 1.165) is 15.8 Å². The Morgan fingerprint density at radius 3 is 2.89 bits per heavy atom. The van der Waals surface area contributed by atoms with Gasteiger partial charge in [-0.2, -0.15) is 0 Å². The zero-order chi connectivity index (χ0) is 13.3. The molecule has 98 valence electrons. The lowest BCUT2D eigenvalue weighted by atomic mass is 10.0. The smallest absolute Gasteiger partial charge is 0.246 e. The molecule has 0 fully saturated rings. The zero-order valence-corrected chi connectivity index (χ0v) is 12.5. The van der Waals surface area contributed by atoms with Gasteiger partial charge in [0.15, 0.2) is 0 Å². The number of hydrogen-bond acceptors (Lipinski definition) is 3. The predicted octanol–water partition coefficient (Wildman–Crippen LogP) is 2.21. The number of anilines is 2. The Bertz CT molecular complexity index is 473. The van der Waals surface area contributed by atoms with E-state index in [2.05, 4.69) is 40.4 Å². The van der Waals surface area contributed by atoms with Crippen LogP contribution in [0.1, 0.15) is 13.8 Å². The summed E-state index contributed by atoms with van der Waals surface area (Å²) in [5, 5.41) is 6.37. The van der Waals surface area contributed by atoms with E-state index in [1.54, 1.807) is 0 Å². The van der Waals surface area contributed by atoms with Crippen molar-refractivity contribution < 1.29 is 4.79 Å².